The van der Waals surface area contributed by atoms with Gasteiger partial charge in [-0.05, 0) is 0 Å². The molecule has 2 atom stereocenters. The van der Waals surface area contributed by atoms with Crippen molar-refractivity contribution in [1.82, 2.24) is 4.31 Å². The lowest BCUT2D eigenvalue weighted by atomic mass is 10.0. The number of ether oxygens (including phenoxy) is 1. The maximum atomic E-state index is 11.1. The van der Waals surface area contributed by atoms with Crippen molar-refractivity contribution in [3.8, 4) is 0 Å². The lowest BCUT2D eigenvalue weighted by molar-refractivity contribution is 0.168. The zero-order valence-corrected chi connectivity index (χ0v) is 7.88. The normalized spacial score (nSPS) is 37.1. The molecular weight excluding hydrogens is 178 g/mol. The molecule has 2 aliphatic rings. The highest BCUT2D eigenvalue weighted by Crippen LogP contribution is 2.30. The summed E-state index contributed by atoms with van der Waals surface area (Å²) in [5.74, 6) is 0.888. The number of sulfonamides is 1. The summed E-state index contributed by atoms with van der Waals surface area (Å²) in [6.45, 7) is 2.78. The molecule has 0 bridgehead atoms. The van der Waals surface area contributed by atoms with Crippen molar-refractivity contribution in [3.05, 3.63) is 0 Å². The number of hydrogen-bond acceptors (Lipinski definition) is 3. The predicted molar refractivity (Wildman–Crippen MR) is 44.2 cm³/mol. The van der Waals surface area contributed by atoms with Crippen molar-refractivity contribution < 1.29 is 13.2 Å². The van der Waals surface area contributed by atoms with Gasteiger partial charge in [-0.2, -0.15) is 0 Å². The monoisotopic (exact) mass is 191 g/mol. The molecule has 2 aliphatic heterocycles. The Kier molecular flexibility index (Phi) is 1.89. The summed E-state index contributed by atoms with van der Waals surface area (Å²) in [5, 5.41) is 0. The summed E-state index contributed by atoms with van der Waals surface area (Å²) >= 11 is 0. The Morgan fingerprint density at radius 2 is 1.75 bits per heavy atom. The molecule has 2 saturated heterocycles. The van der Waals surface area contributed by atoms with Crippen molar-refractivity contribution >= 4 is 10.0 Å². The van der Waals surface area contributed by atoms with E-state index in [-0.39, 0.29) is 0 Å². The first-order chi connectivity index (χ1) is 5.57. The van der Waals surface area contributed by atoms with Crippen LogP contribution in [0.4, 0.5) is 0 Å². The SMILES string of the molecule is CS(=O)(=O)N1C[C@H]2COC[C@H]2C1. The molecule has 0 aromatic carbocycles. The van der Waals surface area contributed by atoms with Gasteiger partial charge in [0.05, 0.1) is 19.5 Å². The van der Waals surface area contributed by atoms with Crippen molar-refractivity contribution in [2.24, 2.45) is 11.8 Å². The second kappa shape index (κ2) is 2.68. The molecule has 2 heterocycles. The molecule has 12 heavy (non-hydrogen) atoms. The molecule has 0 aromatic heterocycles. The van der Waals surface area contributed by atoms with Crippen LogP contribution in [0.2, 0.25) is 0 Å². The minimum absolute atomic E-state index is 0.444. The van der Waals surface area contributed by atoms with Crippen LogP contribution in [0.25, 0.3) is 0 Å². The number of fused-ring (bicyclic) bond motifs is 1. The van der Waals surface area contributed by atoms with Gasteiger partial charge < -0.3 is 4.74 Å². The zero-order chi connectivity index (χ0) is 8.77. The zero-order valence-electron chi connectivity index (χ0n) is 7.06. The van der Waals surface area contributed by atoms with E-state index in [4.69, 9.17) is 4.74 Å². The molecular formula is C7H13NO3S. The smallest absolute Gasteiger partial charge is 0.211 e. The lowest BCUT2D eigenvalue weighted by Gasteiger charge is -2.13. The molecule has 5 heteroatoms. The van der Waals surface area contributed by atoms with Crippen LogP contribution >= 0.6 is 0 Å². The fraction of sp³-hybridized carbons (Fsp3) is 1.00. The van der Waals surface area contributed by atoms with Gasteiger partial charge in [-0.15, -0.1) is 0 Å². The lowest BCUT2D eigenvalue weighted by Crippen LogP contribution is -2.29. The first-order valence-corrected chi connectivity index (χ1v) is 5.95. The van der Waals surface area contributed by atoms with E-state index in [1.54, 1.807) is 4.31 Å². The predicted octanol–water partition coefficient (Wildman–Crippen LogP) is -0.476. The van der Waals surface area contributed by atoms with E-state index in [0.717, 1.165) is 13.2 Å². The fourth-order valence-electron chi connectivity index (χ4n) is 1.91. The van der Waals surface area contributed by atoms with Gasteiger partial charge in [-0.25, -0.2) is 12.7 Å². The third-order valence-corrected chi connectivity index (χ3v) is 3.91. The van der Waals surface area contributed by atoms with E-state index in [1.165, 1.54) is 6.26 Å². The van der Waals surface area contributed by atoms with Gasteiger partial charge in [0.25, 0.3) is 0 Å². The molecule has 2 fully saturated rings. The van der Waals surface area contributed by atoms with Crippen LogP contribution in [0.15, 0.2) is 0 Å². The topological polar surface area (TPSA) is 46.6 Å². The first-order valence-electron chi connectivity index (χ1n) is 4.10. The Morgan fingerprint density at radius 1 is 1.25 bits per heavy atom. The van der Waals surface area contributed by atoms with Crippen molar-refractivity contribution in [3.63, 3.8) is 0 Å². The summed E-state index contributed by atoms with van der Waals surface area (Å²) in [6, 6.07) is 0. The van der Waals surface area contributed by atoms with Gasteiger partial charge in [0.1, 0.15) is 0 Å². The molecule has 4 nitrogen and oxygen atoms in total. The van der Waals surface area contributed by atoms with Gasteiger partial charge in [-0.3, -0.25) is 0 Å². The third-order valence-electron chi connectivity index (χ3n) is 2.68. The number of rotatable bonds is 1. The minimum atomic E-state index is -2.97. The maximum Gasteiger partial charge on any atom is 0.211 e. The second-order valence-corrected chi connectivity index (χ2v) is 5.62. The molecule has 0 amide bonds. The molecule has 0 unspecified atom stereocenters. The largest absolute Gasteiger partial charge is 0.381 e. The summed E-state index contributed by atoms with van der Waals surface area (Å²) in [5.41, 5.74) is 0. The Labute approximate surface area is 72.6 Å². The molecule has 0 N–H and O–H groups in total. The van der Waals surface area contributed by atoms with Crippen LogP contribution in [0.3, 0.4) is 0 Å². The first kappa shape index (κ1) is 8.47. The Balaban J connectivity index is 2.09. The Hall–Kier alpha value is -0.130. The van der Waals surface area contributed by atoms with Gasteiger partial charge in [-0.1, -0.05) is 0 Å². The maximum absolute atomic E-state index is 11.1. The molecule has 70 valence electrons. The van der Waals surface area contributed by atoms with Crippen molar-refractivity contribution in [1.29, 1.82) is 0 Å². The molecule has 0 aromatic rings. The average molecular weight is 191 g/mol. The van der Waals surface area contributed by atoms with E-state index >= 15 is 0 Å². The summed E-state index contributed by atoms with van der Waals surface area (Å²) in [7, 11) is -2.97. The Morgan fingerprint density at radius 3 is 2.17 bits per heavy atom. The van der Waals surface area contributed by atoms with Crippen LogP contribution in [-0.2, 0) is 14.8 Å². The standard InChI is InChI=1S/C7H13NO3S/c1-12(9,10)8-2-6-4-11-5-7(6)3-8/h6-7H,2-5H2,1H3/t6-,7+. The van der Waals surface area contributed by atoms with Crippen LogP contribution in [0.5, 0.6) is 0 Å². The van der Waals surface area contributed by atoms with E-state index < -0.39 is 10.0 Å². The quantitative estimate of drug-likeness (QED) is 0.562. The number of nitrogens with zero attached hydrogens (tertiary/aromatic N) is 1. The minimum Gasteiger partial charge on any atom is -0.381 e. The molecule has 2 rings (SSSR count). The summed E-state index contributed by atoms with van der Waals surface area (Å²) in [6.07, 6.45) is 1.27. The molecule has 0 spiro atoms. The van der Waals surface area contributed by atoms with Crippen molar-refractivity contribution in [2.45, 2.75) is 0 Å². The second-order valence-electron chi connectivity index (χ2n) is 3.64. The molecule has 0 radical (unpaired) electrons. The van der Waals surface area contributed by atoms with Crippen LogP contribution in [0.1, 0.15) is 0 Å². The highest BCUT2D eigenvalue weighted by atomic mass is 32.2. The number of hydrogen-bond donors (Lipinski definition) is 0. The third kappa shape index (κ3) is 1.36. The van der Waals surface area contributed by atoms with E-state index in [9.17, 15) is 8.42 Å². The average Bonchev–Trinajstić information content (AvgIpc) is 2.37. The molecule has 0 saturated carbocycles. The van der Waals surface area contributed by atoms with E-state index in [1.807, 2.05) is 0 Å². The highest BCUT2D eigenvalue weighted by Gasteiger charge is 2.40. The Bertz CT molecular complexity index is 262. The van der Waals surface area contributed by atoms with Gasteiger partial charge in [0.2, 0.25) is 10.0 Å². The van der Waals surface area contributed by atoms with Gasteiger partial charge in [0.15, 0.2) is 0 Å². The van der Waals surface area contributed by atoms with E-state index in [2.05, 4.69) is 0 Å². The molecule has 0 aliphatic carbocycles. The summed E-state index contributed by atoms with van der Waals surface area (Å²) < 4.78 is 29.1. The van der Waals surface area contributed by atoms with Crippen LogP contribution in [0, 0.1) is 11.8 Å². The van der Waals surface area contributed by atoms with Gasteiger partial charge >= 0.3 is 0 Å². The van der Waals surface area contributed by atoms with Crippen LogP contribution < -0.4 is 0 Å². The van der Waals surface area contributed by atoms with E-state index in [0.29, 0.717) is 24.9 Å². The fourth-order valence-corrected chi connectivity index (χ4v) is 2.84. The van der Waals surface area contributed by atoms with Gasteiger partial charge in [0, 0.05) is 24.9 Å². The van der Waals surface area contributed by atoms with Crippen LogP contribution in [-0.4, -0.2) is 45.3 Å². The highest BCUT2D eigenvalue weighted by molar-refractivity contribution is 7.88. The van der Waals surface area contributed by atoms with Crippen molar-refractivity contribution in [2.75, 3.05) is 32.6 Å². The summed E-state index contributed by atoms with van der Waals surface area (Å²) in [4.78, 5) is 0.